The summed E-state index contributed by atoms with van der Waals surface area (Å²) in [7, 11) is 0. The zero-order chi connectivity index (χ0) is 13.5. The molecule has 1 atom stereocenters. The number of carboxylic acids is 1. The Kier molecular flexibility index (Phi) is 5.73. The highest BCUT2D eigenvalue weighted by Gasteiger charge is 2.09. The monoisotopic (exact) mass is 271 g/mol. The minimum atomic E-state index is -1.05. The standard InChI is InChI=1S/C11H17N3O3S/c1-3-7(2)12-4-9(15)13-5-10-14-8(6-18-10)11(16)17/h6-7,12H,3-5H2,1-2H3,(H,13,15)(H,16,17). The molecule has 0 aromatic carbocycles. The summed E-state index contributed by atoms with van der Waals surface area (Å²) in [6, 6.07) is 0.300. The number of rotatable bonds is 7. The summed E-state index contributed by atoms with van der Waals surface area (Å²) >= 11 is 1.22. The van der Waals surface area contributed by atoms with Gasteiger partial charge in [-0.1, -0.05) is 6.92 Å². The number of thiazole rings is 1. The van der Waals surface area contributed by atoms with Gasteiger partial charge in [0.1, 0.15) is 5.01 Å². The predicted molar refractivity (Wildman–Crippen MR) is 68.7 cm³/mol. The maximum atomic E-state index is 11.5. The van der Waals surface area contributed by atoms with E-state index in [4.69, 9.17) is 5.11 Å². The highest BCUT2D eigenvalue weighted by molar-refractivity contribution is 7.09. The molecule has 0 spiro atoms. The number of nitrogens with zero attached hydrogens (tertiary/aromatic N) is 1. The first-order valence-corrected chi connectivity index (χ1v) is 6.58. The fourth-order valence-electron chi connectivity index (χ4n) is 1.14. The molecule has 18 heavy (non-hydrogen) atoms. The maximum absolute atomic E-state index is 11.5. The molecule has 0 bridgehead atoms. The minimum Gasteiger partial charge on any atom is -0.476 e. The summed E-state index contributed by atoms with van der Waals surface area (Å²) in [6.07, 6.45) is 0.960. The van der Waals surface area contributed by atoms with Gasteiger partial charge in [-0.3, -0.25) is 4.79 Å². The quantitative estimate of drug-likeness (QED) is 0.683. The molecule has 1 heterocycles. The molecule has 1 aromatic rings. The van der Waals surface area contributed by atoms with E-state index in [1.54, 1.807) is 0 Å². The average Bonchev–Trinajstić information content (AvgIpc) is 2.82. The summed E-state index contributed by atoms with van der Waals surface area (Å²) in [5.41, 5.74) is 0.0157. The molecule has 7 heteroatoms. The normalized spacial score (nSPS) is 12.1. The number of carbonyl (C=O) groups is 2. The third kappa shape index (κ3) is 4.80. The first kappa shape index (κ1) is 14.6. The molecule has 0 aliphatic carbocycles. The lowest BCUT2D eigenvalue weighted by molar-refractivity contribution is -0.120. The van der Waals surface area contributed by atoms with E-state index < -0.39 is 5.97 Å². The Labute approximate surface area is 109 Å². The van der Waals surface area contributed by atoms with Gasteiger partial charge in [-0.05, 0) is 13.3 Å². The molecule has 1 aromatic heterocycles. The van der Waals surface area contributed by atoms with E-state index in [9.17, 15) is 9.59 Å². The van der Waals surface area contributed by atoms with Crippen LogP contribution in [0.3, 0.4) is 0 Å². The minimum absolute atomic E-state index is 0.0157. The molecule has 0 saturated carbocycles. The van der Waals surface area contributed by atoms with E-state index in [1.165, 1.54) is 16.7 Å². The van der Waals surface area contributed by atoms with Crippen molar-refractivity contribution in [2.24, 2.45) is 0 Å². The van der Waals surface area contributed by atoms with Crippen LogP contribution < -0.4 is 10.6 Å². The lowest BCUT2D eigenvalue weighted by Crippen LogP contribution is -2.37. The molecular weight excluding hydrogens is 254 g/mol. The van der Waals surface area contributed by atoms with Gasteiger partial charge in [-0.15, -0.1) is 11.3 Å². The van der Waals surface area contributed by atoms with E-state index in [-0.39, 0.29) is 24.7 Å². The topological polar surface area (TPSA) is 91.3 Å². The van der Waals surface area contributed by atoms with Crippen molar-refractivity contribution < 1.29 is 14.7 Å². The Morgan fingerprint density at radius 2 is 2.28 bits per heavy atom. The molecule has 0 aliphatic heterocycles. The summed E-state index contributed by atoms with van der Waals surface area (Å²) < 4.78 is 0. The Morgan fingerprint density at radius 1 is 1.56 bits per heavy atom. The lowest BCUT2D eigenvalue weighted by Gasteiger charge is -2.10. The van der Waals surface area contributed by atoms with Gasteiger partial charge in [0.05, 0.1) is 13.1 Å². The van der Waals surface area contributed by atoms with Crippen LogP contribution >= 0.6 is 11.3 Å². The smallest absolute Gasteiger partial charge is 0.355 e. The predicted octanol–water partition coefficient (Wildman–Crippen LogP) is 0.846. The fraction of sp³-hybridized carbons (Fsp3) is 0.545. The summed E-state index contributed by atoms with van der Waals surface area (Å²) in [5, 5.41) is 16.5. The van der Waals surface area contributed by atoms with Gasteiger partial charge < -0.3 is 15.7 Å². The number of carbonyl (C=O) groups excluding carboxylic acids is 1. The number of amides is 1. The van der Waals surface area contributed by atoms with Crippen molar-refractivity contribution in [3.05, 3.63) is 16.1 Å². The Balaban J connectivity index is 2.31. The third-order valence-corrected chi connectivity index (χ3v) is 3.28. The van der Waals surface area contributed by atoms with Gasteiger partial charge in [0.15, 0.2) is 5.69 Å². The van der Waals surface area contributed by atoms with Gasteiger partial charge in [-0.25, -0.2) is 9.78 Å². The molecule has 100 valence electrons. The molecule has 0 radical (unpaired) electrons. The second kappa shape index (κ2) is 7.07. The van der Waals surface area contributed by atoms with Crippen LogP contribution in [0.25, 0.3) is 0 Å². The number of aromatic carboxylic acids is 1. The summed E-state index contributed by atoms with van der Waals surface area (Å²) in [6.45, 7) is 4.57. The van der Waals surface area contributed by atoms with E-state index >= 15 is 0 Å². The van der Waals surface area contributed by atoms with Gasteiger partial charge in [-0.2, -0.15) is 0 Å². The Morgan fingerprint density at radius 3 is 2.83 bits per heavy atom. The first-order chi connectivity index (χ1) is 8.52. The van der Waals surface area contributed by atoms with E-state index in [2.05, 4.69) is 15.6 Å². The van der Waals surface area contributed by atoms with Crippen molar-refractivity contribution in [2.45, 2.75) is 32.9 Å². The van der Waals surface area contributed by atoms with Crippen LogP contribution in [0.5, 0.6) is 0 Å². The SMILES string of the molecule is CCC(C)NCC(=O)NCc1nc(C(=O)O)cs1. The van der Waals surface area contributed by atoms with Crippen LogP contribution in [-0.4, -0.2) is 34.6 Å². The molecule has 6 nitrogen and oxygen atoms in total. The number of hydrogen-bond acceptors (Lipinski definition) is 5. The van der Waals surface area contributed by atoms with Crippen LogP contribution in [-0.2, 0) is 11.3 Å². The zero-order valence-electron chi connectivity index (χ0n) is 10.4. The Bertz CT molecular complexity index is 419. The zero-order valence-corrected chi connectivity index (χ0v) is 11.2. The van der Waals surface area contributed by atoms with Crippen LogP contribution in [0.2, 0.25) is 0 Å². The highest BCUT2D eigenvalue weighted by Crippen LogP contribution is 2.09. The van der Waals surface area contributed by atoms with E-state index in [0.29, 0.717) is 11.0 Å². The molecule has 3 N–H and O–H groups in total. The van der Waals surface area contributed by atoms with Crippen molar-refractivity contribution in [1.29, 1.82) is 0 Å². The van der Waals surface area contributed by atoms with Crippen molar-refractivity contribution in [3.63, 3.8) is 0 Å². The van der Waals surface area contributed by atoms with E-state index in [1.807, 2.05) is 13.8 Å². The maximum Gasteiger partial charge on any atom is 0.355 e. The molecule has 0 aliphatic rings. The second-order valence-corrected chi connectivity index (χ2v) is 4.84. The third-order valence-electron chi connectivity index (χ3n) is 2.43. The number of carboxylic acid groups (broad SMARTS) is 1. The molecule has 0 saturated heterocycles. The molecule has 1 amide bonds. The summed E-state index contributed by atoms with van der Waals surface area (Å²) in [5.74, 6) is -1.18. The van der Waals surface area contributed by atoms with Crippen molar-refractivity contribution in [2.75, 3.05) is 6.54 Å². The molecule has 1 unspecified atom stereocenters. The summed E-state index contributed by atoms with van der Waals surface area (Å²) in [4.78, 5) is 26.0. The largest absolute Gasteiger partial charge is 0.476 e. The number of aromatic nitrogens is 1. The van der Waals surface area contributed by atoms with Gasteiger partial charge in [0.2, 0.25) is 5.91 Å². The lowest BCUT2D eigenvalue weighted by atomic mass is 10.2. The molecular formula is C11H17N3O3S. The second-order valence-electron chi connectivity index (χ2n) is 3.90. The number of nitrogens with one attached hydrogen (secondary N) is 2. The van der Waals surface area contributed by atoms with Crippen LogP contribution in [0, 0.1) is 0 Å². The van der Waals surface area contributed by atoms with E-state index in [0.717, 1.165) is 6.42 Å². The van der Waals surface area contributed by atoms with Crippen LogP contribution in [0.4, 0.5) is 0 Å². The van der Waals surface area contributed by atoms with Gasteiger partial charge in [0, 0.05) is 11.4 Å². The van der Waals surface area contributed by atoms with Gasteiger partial charge >= 0.3 is 5.97 Å². The van der Waals surface area contributed by atoms with Crippen LogP contribution in [0.1, 0.15) is 35.8 Å². The molecule has 0 fully saturated rings. The van der Waals surface area contributed by atoms with Crippen molar-refractivity contribution in [3.8, 4) is 0 Å². The average molecular weight is 271 g/mol. The van der Waals surface area contributed by atoms with Crippen molar-refractivity contribution >= 4 is 23.2 Å². The van der Waals surface area contributed by atoms with Crippen LogP contribution in [0.15, 0.2) is 5.38 Å². The fourth-order valence-corrected chi connectivity index (χ4v) is 1.85. The number of hydrogen-bond donors (Lipinski definition) is 3. The van der Waals surface area contributed by atoms with Gasteiger partial charge in [0.25, 0.3) is 0 Å². The highest BCUT2D eigenvalue weighted by atomic mass is 32.1. The molecule has 1 rings (SSSR count). The Hall–Kier alpha value is -1.47. The van der Waals surface area contributed by atoms with Crippen molar-refractivity contribution in [1.82, 2.24) is 15.6 Å². The first-order valence-electron chi connectivity index (χ1n) is 5.70.